The number of benzene rings is 3. The number of nitrogens with zero attached hydrogens (tertiary/aromatic N) is 1. The van der Waals surface area contributed by atoms with E-state index in [1.807, 2.05) is 12.1 Å². The molecule has 7 heteroatoms. The van der Waals surface area contributed by atoms with Gasteiger partial charge in [0.25, 0.3) is 5.91 Å². The van der Waals surface area contributed by atoms with Gasteiger partial charge in [0.1, 0.15) is 5.54 Å². The molecule has 2 heterocycles. The van der Waals surface area contributed by atoms with Crippen molar-refractivity contribution in [3.8, 4) is 11.3 Å². The van der Waals surface area contributed by atoms with Crippen LogP contribution < -0.4 is 10.6 Å². The highest BCUT2D eigenvalue weighted by molar-refractivity contribution is 6.06. The molecule has 3 N–H and O–H groups in total. The van der Waals surface area contributed by atoms with Gasteiger partial charge in [-0.1, -0.05) is 86.7 Å². The first-order valence-corrected chi connectivity index (χ1v) is 16.5. The summed E-state index contributed by atoms with van der Waals surface area (Å²) in [6, 6.07) is 21.7. The topological polar surface area (TPSA) is 100 Å². The van der Waals surface area contributed by atoms with Crippen LogP contribution in [-0.4, -0.2) is 33.0 Å². The second-order valence-corrected chi connectivity index (χ2v) is 12.9. The maximum Gasteiger partial charge on any atom is 0.328 e. The zero-order valence-corrected chi connectivity index (χ0v) is 25.9. The predicted octanol–water partition coefficient (Wildman–Crippen LogP) is 8.16. The van der Waals surface area contributed by atoms with E-state index >= 15 is 0 Å². The van der Waals surface area contributed by atoms with Crippen LogP contribution in [0.25, 0.3) is 34.3 Å². The lowest BCUT2D eigenvalue weighted by atomic mass is 9.81. The van der Waals surface area contributed by atoms with E-state index in [1.165, 1.54) is 66.0 Å². The summed E-state index contributed by atoms with van der Waals surface area (Å²) >= 11 is 0. The van der Waals surface area contributed by atoms with Crippen LogP contribution in [0.2, 0.25) is 0 Å². The van der Waals surface area contributed by atoms with Gasteiger partial charge in [0.2, 0.25) is 5.91 Å². The molecule has 0 unspecified atom stereocenters. The van der Waals surface area contributed by atoms with Crippen LogP contribution in [0.1, 0.15) is 90.8 Å². The fourth-order valence-corrected chi connectivity index (χ4v) is 7.72. The highest BCUT2D eigenvalue weighted by atomic mass is 16.4. The zero-order chi connectivity index (χ0) is 31.7. The number of hydrogen-bond acceptors (Lipinski definition) is 3. The number of allylic oxidation sites excluding steroid dienone is 1. The molecular formula is C39H39N3O4. The minimum Gasteiger partial charge on any atom is -0.478 e. The van der Waals surface area contributed by atoms with Crippen molar-refractivity contribution in [2.75, 3.05) is 5.32 Å². The molecule has 2 fully saturated rings. The summed E-state index contributed by atoms with van der Waals surface area (Å²) in [6.45, 7) is 0.732. The third-order valence-corrected chi connectivity index (χ3v) is 10.0. The van der Waals surface area contributed by atoms with Gasteiger partial charge in [-0.2, -0.15) is 0 Å². The minimum atomic E-state index is -1.02. The molecular weight excluding hydrogens is 574 g/mol. The summed E-state index contributed by atoms with van der Waals surface area (Å²) in [4.78, 5) is 38.5. The lowest BCUT2D eigenvalue weighted by Crippen LogP contribution is -2.55. The fourth-order valence-electron chi connectivity index (χ4n) is 7.72. The number of carboxylic acid groups (broad SMARTS) is 1. The molecule has 0 spiro atoms. The van der Waals surface area contributed by atoms with Gasteiger partial charge in [0.05, 0.1) is 5.69 Å². The average Bonchev–Trinajstić information content (AvgIpc) is 3.62. The number of carbonyl (C=O) groups is 3. The maximum absolute atomic E-state index is 14.0. The van der Waals surface area contributed by atoms with Crippen molar-refractivity contribution < 1.29 is 19.5 Å². The molecule has 2 amide bonds. The standard InChI is InChI=1S/C39H39N3O4/c43-34(44)21-16-26-14-18-30(19-15-26)40-38(46)39(22-6-7-23-39)41-37(45)29-17-20-32-33(25-29)42-24-8-12-27-9-4-5-13-31(27)36(42)35(32)28-10-2-1-3-11-28/h4-5,8-9,12-21,25,28H,1-3,6-7,10-11,22-24H2,(H,40,46)(H,41,45)(H,43,44). The van der Waals surface area contributed by atoms with Crippen molar-refractivity contribution in [2.45, 2.75) is 75.8 Å². The van der Waals surface area contributed by atoms with Gasteiger partial charge in [-0.25, -0.2) is 4.79 Å². The molecule has 1 aliphatic heterocycles. The molecule has 3 aromatic carbocycles. The lowest BCUT2D eigenvalue weighted by Gasteiger charge is -2.29. The number of aromatic nitrogens is 1. The summed E-state index contributed by atoms with van der Waals surface area (Å²) in [5.41, 5.74) is 7.08. The number of amides is 2. The molecule has 2 aliphatic carbocycles. The molecule has 0 atom stereocenters. The molecule has 1 aromatic heterocycles. The third-order valence-electron chi connectivity index (χ3n) is 10.0. The van der Waals surface area contributed by atoms with Crippen LogP contribution in [0.15, 0.2) is 78.9 Å². The van der Waals surface area contributed by atoms with Crippen molar-refractivity contribution in [1.29, 1.82) is 0 Å². The van der Waals surface area contributed by atoms with Crippen LogP contribution in [0.5, 0.6) is 0 Å². The van der Waals surface area contributed by atoms with Crippen molar-refractivity contribution >= 4 is 46.5 Å². The van der Waals surface area contributed by atoms with Crippen LogP contribution in [0.3, 0.4) is 0 Å². The summed E-state index contributed by atoms with van der Waals surface area (Å²) < 4.78 is 2.38. The van der Waals surface area contributed by atoms with Crippen LogP contribution >= 0.6 is 0 Å². The Labute approximate surface area is 269 Å². The Hall–Kier alpha value is -4.91. The van der Waals surface area contributed by atoms with Crippen molar-refractivity contribution in [2.24, 2.45) is 0 Å². The number of carboxylic acids is 1. The molecule has 7 rings (SSSR count). The Kier molecular flexibility index (Phi) is 8.07. The van der Waals surface area contributed by atoms with Gasteiger partial charge in [-0.3, -0.25) is 9.59 Å². The summed E-state index contributed by atoms with van der Waals surface area (Å²) in [7, 11) is 0. The van der Waals surface area contributed by atoms with E-state index in [2.05, 4.69) is 57.7 Å². The van der Waals surface area contributed by atoms with E-state index in [4.69, 9.17) is 5.11 Å². The molecule has 0 radical (unpaired) electrons. The smallest absolute Gasteiger partial charge is 0.328 e. The number of hydrogen-bond donors (Lipinski definition) is 3. The van der Waals surface area contributed by atoms with E-state index in [-0.39, 0.29) is 11.8 Å². The number of nitrogens with one attached hydrogen (secondary N) is 2. The Morgan fingerprint density at radius 3 is 2.41 bits per heavy atom. The van der Waals surface area contributed by atoms with E-state index in [0.717, 1.165) is 31.0 Å². The Bertz CT molecular complexity index is 1870. The first-order valence-electron chi connectivity index (χ1n) is 16.5. The number of carbonyl (C=O) groups excluding carboxylic acids is 2. The van der Waals surface area contributed by atoms with Crippen molar-refractivity contribution in [3.05, 3.63) is 101 Å². The number of fused-ring (bicyclic) bond motifs is 5. The molecule has 46 heavy (non-hydrogen) atoms. The Balaban J connectivity index is 1.20. The molecule has 2 saturated carbocycles. The summed E-state index contributed by atoms with van der Waals surface area (Å²) in [6.07, 6.45) is 16.0. The molecule has 0 saturated heterocycles. The van der Waals surface area contributed by atoms with Gasteiger partial charge in [0.15, 0.2) is 0 Å². The van der Waals surface area contributed by atoms with E-state index in [9.17, 15) is 14.4 Å². The average molecular weight is 614 g/mol. The SMILES string of the molecule is O=C(O)C=Cc1ccc(NC(=O)C2(NC(=O)c3ccc4c(C5CCCCC5)c5n(c4c3)CC=Cc3ccccc3-5)CCCC2)cc1. The van der Waals surface area contributed by atoms with Gasteiger partial charge in [-0.05, 0) is 78.6 Å². The fraction of sp³-hybridized carbons (Fsp3) is 0.308. The largest absolute Gasteiger partial charge is 0.478 e. The minimum absolute atomic E-state index is 0.230. The maximum atomic E-state index is 14.0. The molecule has 7 nitrogen and oxygen atoms in total. The molecule has 234 valence electrons. The van der Waals surface area contributed by atoms with E-state index in [1.54, 1.807) is 24.3 Å². The predicted molar refractivity (Wildman–Crippen MR) is 183 cm³/mol. The van der Waals surface area contributed by atoms with Crippen molar-refractivity contribution in [3.63, 3.8) is 0 Å². The van der Waals surface area contributed by atoms with Crippen LogP contribution in [0, 0.1) is 0 Å². The van der Waals surface area contributed by atoms with Crippen LogP contribution in [-0.2, 0) is 16.1 Å². The highest BCUT2D eigenvalue weighted by Gasteiger charge is 2.43. The second-order valence-electron chi connectivity index (χ2n) is 12.9. The van der Waals surface area contributed by atoms with E-state index in [0.29, 0.717) is 35.6 Å². The third kappa shape index (κ3) is 5.66. The molecule has 4 aromatic rings. The van der Waals surface area contributed by atoms with E-state index < -0.39 is 11.5 Å². The Morgan fingerprint density at radius 1 is 0.891 bits per heavy atom. The van der Waals surface area contributed by atoms with Gasteiger partial charge in [0, 0.05) is 40.3 Å². The highest BCUT2D eigenvalue weighted by Crippen LogP contribution is 2.46. The Morgan fingerprint density at radius 2 is 1.65 bits per heavy atom. The summed E-state index contributed by atoms with van der Waals surface area (Å²) in [5, 5.41) is 16.3. The first kappa shape index (κ1) is 29.8. The van der Waals surface area contributed by atoms with Crippen LogP contribution in [0.4, 0.5) is 5.69 Å². The summed E-state index contributed by atoms with van der Waals surface area (Å²) in [5.74, 6) is -1.00. The molecule has 3 aliphatic rings. The van der Waals surface area contributed by atoms with Gasteiger partial charge in [-0.15, -0.1) is 0 Å². The number of rotatable bonds is 7. The first-order chi connectivity index (χ1) is 22.4. The van der Waals surface area contributed by atoms with Crippen molar-refractivity contribution in [1.82, 2.24) is 9.88 Å². The normalized spacial score (nSPS) is 17.4. The lowest BCUT2D eigenvalue weighted by molar-refractivity contribution is -0.131. The number of anilines is 1. The zero-order valence-electron chi connectivity index (χ0n) is 25.9. The number of aliphatic carboxylic acids is 1. The molecule has 0 bridgehead atoms. The second kappa shape index (κ2) is 12.5. The van der Waals surface area contributed by atoms with Gasteiger partial charge >= 0.3 is 5.97 Å². The van der Waals surface area contributed by atoms with Gasteiger partial charge < -0.3 is 20.3 Å². The quantitative estimate of drug-likeness (QED) is 0.183. The monoisotopic (exact) mass is 613 g/mol.